The number of hydrogen-bond donors (Lipinski definition) is 1. The lowest BCUT2D eigenvalue weighted by atomic mass is 10.1. The summed E-state index contributed by atoms with van der Waals surface area (Å²) in [6.07, 6.45) is 1.07. The Morgan fingerprint density at radius 3 is 2.00 bits per heavy atom. The first-order valence-electron chi connectivity index (χ1n) is 4.73. The van der Waals surface area contributed by atoms with Gasteiger partial charge in [0.2, 0.25) is 0 Å². The molecule has 2 rings (SSSR count). The van der Waals surface area contributed by atoms with Crippen molar-refractivity contribution in [1.82, 2.24) is 0 Å². The van der Waals surface area contributed by atoms with E-state index >= 15 is 0 Å². The second-order valence-corrected chi connectivity index (χ2v) is 3.65. The van der Waals surface area contributed by atoms with Gasteiger partial charge in [0.15, 0.2) is 0 Å². The van der Waals surface area contributed by atoms with Crippen LogP contribution in [0.25, 0.3) is 0 Å². The van der Waals surface area contributed by atoms with Crippen molar-refractivity contribution in [3.8, 4) is 11.5 Å². The molecule has 1 fully saturated rings. The van der Waals surface area contributed by atoms with E-state index in [0.29, 0.717) is 12.0 Å². The van der Waals surface area contributed by atoms with E-state index in [2.05, 4.69) is 0 Å². The summed E-state index contributed by atoms with van der Waals surface area (Å²) in [6, 6.07) is 6.24. The van der Waals surface area contributed by atoms with Crippen molar-refractivity contribution in [1.29, 1.82) is 0 Å². The summed E-state index contributed by atoms with van der Waals surface area (Å²) in [6.45, 7) is 0. The Morgan fingerprint density at radius 1 is 1.14 bits per heavy atom. The van der Waals surface area contributed by atoms with Crippen LogP contribution in [0.5, 0.6) is 11.5 Å². The number of methoxy groups -OCH3 is 2. The molecule has 1 aromatic carbocycles. The van der Waals surface area contributed by atoms with Crippen molar-refractivity contribution in [3.63, 3.8) is 0 Å². The fourth-order valence-electron chi connectivity index (χ4n) is 1.64. The van der Waals surface area contributed by atoms with E-state index in [4.69, 9.17) is 15.2 Å². The summed E-state index contributed by atoms with van der Waals surface area (Å²) in [5.41, 5.74) is 7.02. The van der Waals surface area contributed by atoms with E-state index in [9.17, 15) is 0 Å². The Labute approximate surface area is 83.8 Å². The lowest BCUT2D eigenvalue weighted by molar-refractivity contribution is 0.393. The highest BCUT2D eigenvalue weighted by atomic mass is 16.5. The summed E-state index contributed by atoms with van der Waals surface area (Å²) < 4.78 is 10.4. The van der Waals surface area contributed by atoms with Crippen LogP contribution in [0.4, 0.5) is 0 Å². The van der Waals surface area contributed by atoms with Crippen molar-refractivity contribution in [2.45, 2.75) is 18.4 Å². The van der Waals surface area contributed by atoms with Crippen LogP contribution in [0.2, 0.25) is 0 Å². The van der Waals surface area contributed by atoms with Gasteiger partial charge in [0, 0.05) is 18.0 Å². The van der Waals surface area contributed by atoms with Crippen molar-refractivity contribution in [2.75, 3.05) is 14.2 Å². The molecule has 0 aromatic heterocycles. The third-order valence-electron chi connectivity index (χ3n) is 2.64. The zero-order chi connectivity index (χ0) is 10.1. The molecule has 0 saturated heterocycles. The number of hydrogen-bond acceptors (Lipinski definition) is 3. The highest BCUT2D eigenvalue weighted by molar-refractivity contribution is 5.42. The molecule has 0 bridgehead atoms. The minimum Gasteiger partial charge on any atom is -0.497 e. The van der Waals surface area contributed by atoms with E-state index in [0.717, 1.165) is 17.9 Å². The van der Waals surface area contributed by atoms with Gasteiger partial charge in [0.05, 0.1) is 14.2 Å². The first-order valence-corrected chi connectivity index (χ1v) is 4.73. The largest absolute Gasteiger partial charge is 0.497 e. The predicted molar refractivity (Wildman–Crippen MR) is 54.9 cm³/mol. The van der Waals surface area contributed by atoms with Gasteiger partial charge < -0.3 is 15.2 Å². The van der Waals surface area contributed by atoms with Gasteiger partial charge in [-0.25, -0.2) is 0 Å². The van der Waals surface area contributed by atoms with Crippen LogP contribution in [0.15, 0.2) is 18.2 Å². The molecule has 0 unspecified atom stereocenters. The van der Waals surface area contributed by atoms with E-state index in [-0.39, 0.29) is 0 Å². The van der Waals surface area contributed by atoms with Crippen LogP contribution in [-0.4, -0.2) is 20.3 Å². The second kappa shape index (κ2) is 3.50. The first kappa shape index (κ1) is 9.34. The Hall–Kier alpha value is -1.22. The number of benzene rings is 1. The molecular formula is C11H15NO2. The molecule has 2 atom stereocenters. The van der Waals surface area contributed by atoms with Gasteiger partial charge in [0.25, 0.3) is 0 Å². The molecule has 1 aliphatic carbocycles. The van der Waals surface area contributed by atoms with Crippen molar-refractivity contribution in [3.05, 3.63) is 23.8 Å². The molecule has 0 heterocycles. The number of ether oxygens (including phenoxy) is 2. The summed E-state index contributed by atoms with van der Waals surface area (Å²) in [5.74, 6) is 2.15. The third kappa shape index (κ3) is 1.68. The fourth-order valence-corrected chi connectivity index (χ4v) is 1.64. The van der Waals surface area contributed by atoms with Crippen LogP contribution in [0.1, 0.15) is 17.9 Å². The molecule has 1 aromatic rings. The van der Waals surface area contributed by atoms with Crippen molar-refractivity contribution < 1.29 is 9.47 Å². The Morgan fingerprint density at radius 2 is 1.64 bits per heavy atom. The Bertz CT molecular complexity index is 316. The molecule has 0 spiro atoms. The molecule has 0 amide bonds. The van der Waals surface area contributed by atoms with Crippen LogP contribution in [0, 0.1) is 0 Å². The maximum atomic E-state index is 5.80. The fraction of sp³-hybridized carbons (Fsp3) is 0.455. The van der Waals surface area contributed by atoms with Gasteiger partial charge >= 0.3 is 0 Å². The summed E-state index contributed by atoms with van der Waals surface area (Å²) in [7, 11) is 3.32. The summed E-state index contributed by atoms with van der Waals surface area (Å²) in [5, 5.41) is 0. The Kier molecular flexibility index (Phi) is 2.33. The molecule has 14 heavy (non-hydrogen) atoms. The summed E-state index contributed by atoms with van der Waals surface area (Å²) >= 11 is 0. The smallest absolute Gasteiger partial charge is 0.122 e. The standard InChI is InChI=1S/C11H15NO2/c1-13-8-3-7(10-6-11(10)12)4-9(5-8)14-2/h3-5,10-11H,6,12H2,1-2H3/t10-,11+/m1/s1. The lowest BCUT2D eigenvalue weighted by Crippen LogP contribution is -2.01. The molecule has 76 valence electrons. The average Bonchev–Trinajstić information content (AvgIpc) is 2.94. The van der Waals surface area contributed by atoms with Crippen LogP contribution < -0.4 is 15.2 Å². The topological polar surface area (TPSA) is 44.5 Å². The predicted octanol–water partition coefficient (Wildman–Crippen LogP) is 1.52. The van der Waals surface area contributed by atoms with Gasteiger partial charge in [-0.3, -0.25) is 0 Å². The molecule has 2 N–H and O–H groups in total. The molecule has 0 aliphatic heterocycles. The monoisotopic (exact) mass is 193 g/mol. The van der Waals surface area contributed by atoms with E-state index in [1.165, 1.54) is 5.56 Å². The SMILES string of the molecule is COc1cc(OC)cc([C@H]2C[C@@H]2N)c1. The van der Waals surface area contributed by atoms with Gasteiger partial charge in [-0.05, 0) is 24.1 Å². The van der Waals surface area contributed by atoms with E-state index in [1.807, 2.05) is 18.2 Å². The van der Waals surface area contributed by atoms with Crippen LogP contribution in [-0.2, 0) is 0 Å². The molecule has 1 aliphatic rings. The molecule has 0 radical (unpaired) electrons. The normalized spacial score (nSPS) is 24.5. The maximum absolute atomic E-state index is 5.80. The maximum Gasteiger partial charge on any atom is 0.122 e. The Balaban J connectivity index is 2.30. The molecular weight excluding hydrogens is 178 g/mol. The van der Waals surface area contributed by atoms with Crippen LogP contribution in [0.3, 0.4) is 0 Å². The lowest BCUT2D eigenvalue weighted by Gasteiger charge is -2.07. The molecule has 1 saturated carbocycles. The van der Waals surface area contributed by atoms with E-state index in [1.54, 1.807) is 14.2 Å². The van der Waals surface area contributed by atoms with Crippen LogP contribution >= 0.6 is 0 Å². The highest BCUT2D eigenvalue weighted by Gasteiger charge is 2.35. The van der Waals surface area contributed by atoms with Gasteiger partial charge in [-0.15, -0.1) is 0 Å². The summed E-state index contributed by atoms with van der Waals surface area (Å²) in [4.78, 5) is 0. The van der Waals surface area contributed by atoms with Gasteiger partial charge in [-0.1, -0.05) is 0 Å². The first-order chi connectivity index (χ1) is 6.74. The van der Waals surface area contributed by atoms with Crippen molar-refractivity contribution in [2.24, 2.45) is 5.73 Å². The van der Waals surface area contributed by atoms with Gasteiger partial charge in [-0.2, -0.15) is 0 Å². The number of rotatable bonds is 3. The molecule has 3 heteroatoms. The zero-order valence-electron chi connectivity index (χ0n) is 8.49. The molecule has 3 nitrogen and oxygen atoms in total. The average molecular weight is 193 g/mol. The second-order valence-electron chi connectivity index (χ2n) is 3.65. The van der Waals surface area contributed by atoms with Crippen molar-refractivity contribution >= 4 is 0 Å². The highest BCUT2D eigenvalue weighted by Crippen LogP contribution is 2.41. The third-order valence-corrected chi connectivity index (χ3v) is 2.64. The quantitative estimate of drug-likeness (QED) is 0.791. The zero-order valence-corrected chi connectivity index (χ0v) is 8.49. The van der Waals surface area contributed by atoms with E-state index < -0.39 is 0 Å². The minimum atomic E-state index is 0.312. The van der Waals surface area contributed by atoms with Gasteiger partial charge in [0.1, 0.15) is 11.5 Å². The number of nitrogens with two attached hydrogens (primary N) is 1. The minimum absolute atomic E-state index is 0.312.